The second kappa shape index (κ2) is 8.17. The van der Waals surface area contributed by atoms with Gasteiger partial charge in [-0.3, -0.25) is 0 Å². The molecular weight excluding hydrogens is 282 g/mol. The first-order valence-corrected chi connectivity index (χ1v) is 7.80. The van der Waals surface area contributed by atoms with E-state index in [-0.39, 0.29) is 24.1 Å². The Hall–Kier alpha value is -1.56. The molecule has 22 heavy (non-hydrogen) atoms. The molecule has 6 heteroatoms. The van der Waals surface area contributed by atoms with Crippen LogP contribution in [0, 0.1) is 19.3 Å². The van der Waals surface area contributed by atoms with Crippen molar-refractivity contribution in [2.24, 2.45) is 5.41 Å². The van der Waals surface area contributed by atoms with Gasteiger partial charge in [0.2, 0.25) is 0 Å². The molecule has 1 aromatic heterocycles. The number of hydrogen-bond donors (Lipinski definition) is 3. The predicted molar refractivity (Wildman–Crippen MR) is 85.8 cm³/mol. The van der Waals surface area contributed by atoms with Gasteiger partial charge in [0, 0.05) is 12.1 Å². The molecule has 1 atom stereocenters. The molecule has 3 N–H and O–H groups in total. The molecule has 1 heterocycles. The van der Waals surface area contributed by atoms with E-state index in [0.29, 0.717) is 6.54 Å². The smallest absolute Gasteiger partial charge is 0.315 e. The Morgan fingerprint density at radius 1 is 1.36 bits per heavy atom. The van der Waals surface area contributed by atoms with Crippen molar-refractivity contribution in [3.63, 3.8) is 0 Å². The minimum atomic E-state index is -0.234. The molecule has 1 rings (SSSR count). The topological polar surface area (TPSA) is 87.4 Å². The third-order valence-corrected chi connectivity index (χ3v) is 3.48. The summed E-state index contributed by atoms with van der Waals surface area (Å²) in [5.74, 6) is 0.840. The molecule has 1 unspecified atom stereocenters. The quantitative estimate of drug-likeness (QED) is 0.674. The number of amides is 2. The van der Waals surface area contributed by atoms with Gasteiger partial charge < -0.3 is 20.3 Å². The highest BCUT2D eigenvalue weighted by atomic mass is 16.5. The number of aliphatic hydroxyl groups excluding tert-OH is 1. The Kier molecular flexibility index (Phi) is 6.87. The zero-order valence-corrected chi connectivity index (χ0v) is 14.3. The average Bonchev–Trinajstić information content (AvgIpc) is 2.72. The lowest BCUT2D eigenvalue weighted by Gasteiger charge is -2.25. The Morgan fingerprint density at radius 2 is 2.05 bits per heavy atom. The van der Waals surface area contributed by atoms with Crippen molar-refractivity contribution in [3.8, 4) is 0 Å². The van der Waals surface area contributed by atoms with Gasteiger partial charge in [0.05, 0.1) is 18.3 Å². The molecule has 0 bridgehead atoms. The third-order valence-electron chi connectivity index (χ3n) is 3.48. The van der Waals surface area contributed by atoms with Crippen molar-refractivity contribution in [1.29, 1.82) is 0 Å². The van der Waals surface area contributed by atoms with Crippen LogP contribution in [0.3, 0.4) is 0 Å². The molecule has 0 saturated carbocycles. The highest BCUT2D eigenvalue weighted by molar-refractivity contribution is 5.74. The fourth-order valence-electron chi connectivity index (χ4n) is 2.46. The lowest BCUT2D eigenvalue weighted by molar-refractivity contribution is 0.191. The SMILES string of the molecule is Cc1noc(C)c1CCCNC(=O)NC(CO)CC(C)(C)C. The van der Waals surface area contributed by atoms with Gasteiger partial charge in [-0.1, -0.05) is 25.9 Å². The first-order chi connectivity index (χ1) is 10.2. The predicted octanol–water partition coefficient (Wildman–Crippen LogP) is 2.32. The second-order valence-electron chi connectivity index (χ2n) is 6.95. The minimum Gasteiger partial charge on any atom is -0.394 e. The average molecular weight is 311 g/mol. The first kappa shape index (κ1) is 18.5. The summed E-state index contributed by atoms with van der Waals surface area (Å²) in [6.07, 6.45) is 2.38. The molecular formula is C16H29N3O3. The van der Waals surface area contributed by atoms with E-state index in [2.05, 4.69) is 36.6 Å². The molecule has 0 spiro atoms. The Balaban J connectivity index is 2.28. The summed E-state index contributed by atoms with van der Waals surface area (Å²) in [5.41, 5.74) is 2.08. The van der Waals surface area contributed by atoms with Crippen molar-refractivity contribution >= 4 is 6.03 Å². The normalized spacial score (nSPS) is 13.0. The number of carbonyl (C=O) groups is 1. The molecule has 0 fully saturated rings. The molecule has 0 radical (unpaired) electrons. The van der Waals surface area contributed by atoms with Crippen LogP contribution in [0.5, 0.6) is 0 Å². The second-order valence-corrected chi connectivity index (χ2v) is 6.95. The summed E-state index contributed by atoms with van der Waals surface area (Å²) in [4.78, 5) is 11.8. The number of nitrogens with zero attached hydrogens (tertiary/aromatic N) is 1. The number of hydrogen-bond acceptors (Lipinski definition) is 4. The highest BCUT2D eigenvalue weighted by Gasteiger charge is 2.19. The Bertz CT molecular complexity index is 458. The number of rotatable bonds is 7. The molecule has 0 aliphatic carbocycles. The Labute approximate surface area is 132 Å². The van der Waals surface area contributed by atoms with Crippen LogP contribution in [0.2, 0.25) is 0 Å². The first-order valence-electron chi connectivity index (χ1n) is 7.80. The summed E-state index contributed by atoms with van der Waals surface area (Å²) in [5, 5.41) is 18.9. The third kappa shape index (κ3) is 6.47. The Morgan fingerprint density at radius 3 is 2.55 bits per heavy atom. The maximum absolute atomic E-state index is 11.8. The van der Waals surface area contributed by atoms with Gasteiger partial charge in [-0.25, -0.2) is 4.79 Å². The van der Waals surface area contributed by atoms with E-state index in [1.54, 1.807) is 0 Å². The summed E-state index contributed by atoms with van der Waals surface area (Å²) in [6.45, 7) is 10.6. The van der Waals surface area contributed by atoms with Gasteiger partial charge in [-0.05, 0) is 38.5 Å². The maximum Gasteiger partial charge on any atom is 0.315 e. The molecule has 0 aliphatic heterocycles. The van der Waals surface area contributed by atoms with E-state index in [1.165, 1.54) is 0 Å². The van der Waals surface area contributed by atoms with Crippen LogP contribution >= 0.6 is 0 Å². The van der Waals surface area contributed by atoms with E-state index in [1.807, 2.05) is 13.8 Å². The van der Waals surface area contributed by atoms with Gasteiger partial charge in [0.25, 0.3) is 0 Å². The van der Waals surface area contributed by atoms with Crippen LogP contribution in [0.25, 0.3) is 0 Å². The van der Waals surface area contributed by atoms with E-state index >= 15 is 0 Å². The van der Waals surface area contributed by atoms with Crippen molar-refractivity contribution < 1.29 is 14.4 Å². The summed E-state index contributed by atoms with van der Waals surface area (Å²) in [7, 11) is 0. The number of aryl methyl sites for hydroxylation is 2. The molecule has 1 aromatic rings. The zero-order valence-electron chi connectivity index (χ0n) is 14.3. The number of urea groups is 1. The largest absolute Gasteiger partial charge is 0.394 e. The van der Waals surface area contributed by atoms with Crippen LogP contribution in [0.1, 0.15) is 50.6 Å². The van der Waals surface area contributed by atoms with Crippen molar-refractivity contribution in [2.45, 2.75) is 59.9 Å². The van der Waals surface area contributed by atoms with Gasteiger partial charge in [-0.15, -0.1) is 0 Å². The van der Waals surface area contributed by atoms with Gasteiger partial charge in [-0.2, -0.15) is 0 Å². The molecule has 0 saturated heterocycles. The van der Waals surface area contributed by atoms with Gasteiger partial charge in [0.15, 0.2) is 0 Å². The lowest BCUT2D eigenvalue weighted by Crippen LogP contribution is -2.45. The monoisotopic (exact) mass is 311 g/mol. The van der Waals surface area contributed by atoms with Crippen molar-refractivity contribution in [3.05, 3.63) is 17.0 Å². The highest BCUT2D eigenvalue weighted by Crippen LogP contribution is 2.20. The number of aromatic nitrogens is 1. The van der Waals surface area contributed by atoms with Crippen LogP contribution in [0.15, 0.2) is 4.52 Å². The minimum absolute atomic E-state index is 0.0518. The van der Waals surface area contributed by atoms with E-state index in [4.69, 9.17) is 4.52 Å². The number of aliphatic hydroxyl groups is 1. The van der Waals surface area contributed by atoms with Crippen molar-refractivity contribution in [1.82, 2.24) is 15.8 Å². The summed E-state index contributed by atoms with van der Waals surface area (Å²) >= 11 is 0. The van der Waals surface area contributed by atoms with E-state index in [0.717, 1.165) is 36.3 Å². The van der Waals surface area contributed by atoms with Gasteiger partial charge in [0.1, 0.15) is 5.76 Å². The van der Waals surface area contributed by atoms with Crippen LogP contribution < -0.4 is 10.6 Å². The van der Waals surface area contributed by atoms with Crippen LogP contribution in [0.4, 0.5) is 4.79 Å². The van der Waals surface area contributed by atoms with Crippen LogP contribution in [-0.4, -0.2) is 35.5 Å². The van der Waals surface area contributed by atoms with E-state index < -0.39 is 0 Å². The van der Waals surface area contributed by atoms with Crippen LogP contribution in [-0.2, 0) is 6.42 Å². The molecule has 126 valence electrons. The number of nitrogens with one attached hydrogen (secondary N) is 2. The fourth-order valence-corrected chi connectivity index (χ4v) is 2.46. The van der Waals surface area contributed by atoms with E-state index in [9.17, 15) is 9.90 Å². The maximum atomic E-state index is 11.8. The number of carbonyl (C=O) groups excluding carboxylic acids is 1. The zero-order chi connectivity index (χ0) is 16.8. The standard InChI is InChI=1S/C16H29N3O3/c1-11-14(12(2)22-19-11)7-6-8-17-15(21)18-13(10-20)9-16(3,4)5/h13,20H,6-10H2,1-5H3,(H2,17,18,21). The molecule has 6 nitrogen and oxygen atoms in total. The molecule has 0 aliphatic rings. The fraction of sp³-hybridized carbons (Fsp3) is 0.750. The van der Waals surface area contributed by atoms with Crippen molar-refractivity contribution in [2.75, 3.05) is 13.2 Å². The summed E-state index contributed by atoms with van der Waals surface area (Å²) < 4.78 is 5.11. The molecule has 0 aromatic carbocycles. The van der Waals surface area contributed by atoms with Gasteiger partial charge >= 0.3 is 6.03 Å². The summed E-state index contributed by atoms with van der Waals surface area (Å²) in [6, 6.07) is -0.454. The molecule has 2 amide bonds. The lowest BCUT2D eigenvalue weighted by atomic mass is 9.88.